The van der Waals surface area contributed by atoms with Crippen LogP contribution < -0.4 is 5.73 Å². The fraction of sp³-hybridized carbons (Fsp3) is 0.154. The van der Waals surface area contributed by atoms with E-state index in [0.29, 0.717) is 5.69 Å². The van der Waals surface area contributed by atoms with Crippen molar-refractivity contribution < 1.29 is 5.21 Å². The van der Waals surface area contributed by atoms with E-state index in [1.54, 1.807) is 18.0 Å². The van der Waals surface area contributed by atoms with Gasteiger partial charge in [0.25, 0.3) is 0 Å². The fourth-order valence-electron chi connectivity index (χ4n) is 1.53. The summed E-state index contributed by atoms with van der Waals surface area (Å²) in [4.78, 5) is 8.29. The van der Waals surface area contributed by atoms with E-state index >= 15 is 0 Å². The Hall–Kier alpha value is -2.08. The van der Waals surface area contributed by atoms with Crippen LogP contribution in [0.2, 0.25) is 0 Å². The van der Waals surface area contributed by atoms with E-state index in [4.69, 9.17) is 10.9 Å². The first kappa shape index (κ1) is 13.4. The second kappa shape index (κ2) is 6.19. The lowest BCUT2D eigenvalue weighted by atomic mass is 10.2. The van der Waals surface area contributed by atoms with E-state index in [-0.39, 0.29) is 5.84 Å². The molecule has 19 heavy (non-hydrogen) atoms. The Labute approximate surface area is 115 Å². The van der Waals surface area contributed by atoms with Crippen molar-refractivity contribution in [2.75, 3.05) is 0 Å². The first-order chi connectivity index (χ1) is 9.19. The van der Waals surface area contributed by atoms with Gasteiger partial charge in [0.1, 0.15) is 10.7 Å². The summed E-state index contributed by atoms with van der Waals surface area (Å²) in [5.74, 6) is 0.793. The van der Waals surface area contributed by atoms with E-state index in [2.05, 4.69) is 40.2 Å². The quantitative estimate of drug-likeness (QED) is 0.293. The molecule has 1 aromatic heterocycles. The van der Waals surface area contributed by atoms with Crippen LogP contribution >= 0.6 is 11.8 Å². The monoisotopic (exact) mass is 274 g/mol. The maximum atomic E-state index is 8.53. The van der Waals surface area contributed by atoms with Crippen LogP contribution in [0.1, 0.15) is 16.8 Å². The number of aryl methyl sites for hydroxylation is 1. The zero-order chi connectivity index (χ0) is 13.7. The third-order valence-corrected chi connectivity index (χ3v) is 3.45. The zero-order valence-electron chi connectivity index (χ0n) is 10.4. The lowest BCUT2D eigenvalue weighted by molar-refractivity contribution is 0.318. The molecule has 0 saturated heterocycles. The van der Waals surface area contributed by atoms with Crippen LogP contribution in [0.5, 0.6) is 0 Å². The Kier molecular flexibility index (Phi) is 4.35. The van der Waals surface area contributed by atoms with Crippen LogP contribution in [0.3, 0.4) is 0 Å². The molecule has 2 rings (SSSR count). The van der Waals surface area contributed by atoms with Gasteiger partial charge in [0, 0.05) is 5.75 Å². The van der Waals surface area contributed by atoms with Gasteiger partial charge in [-0.15, -0.1) is 11.8 Å². The summed E-state index contributed by atoms with van der Waals surface area (Å²) in [7, 11) is 0. The number of benzene rings is 1. The van der Waals surface area contributed by atoms with Crippen molar-refractivity contribution in [3.8, 4) is 0 Å². The van der Waals surface area contributed by atoms with Crippen molar-refractivity contribution in [1.82, 2.24) is 9.97 Å². The molecule has 3 N–H and O–H groups in total. The second-order valence-electron chi connectivity index (χ2n) is 4.00. The summed E-state index contributed by atoms with van der Waals surface area (Å²) < 4.78 is 0. The molecule has 0 radical (unpaired) electrons. The van der Waals surface area contributed by atoms with Gasteiger partial charge in [-0.1, -0.05) is 35.0 Å². The Bertz CT molecular complexity index is 583. The van der Waals surface area contributed by atoms with Gasteiger partial charge < -0.3 is 10.9 Å². The lowest BCUT2D eigenvalue weighted by Gasteiger charge is -2.03. The van der Waals surface area contributed by atoms with Gasteiger partial charge in [0.2, 0.25) is 0 Å². The van der Waals surface area contributed by atoms with Crippen molar-refractivity contribution in [1.29, 1.82) is 0 Å². The van der Waals surface area contributed by atoms with Gasteiger partial charge in [0.15, 0.2) is 5.84 Å². The highest BCUT2D eigenvalue weighted by atomic mass is 32.2. The van der Waals surface area contributed by atoms with Gasteiger partial charge in [0.05, 0.1) is 12.4 Å². The summed E-state index contributed by atoms with van der Waals surface area (Å²) in [5.41, 5.74) is 8.27. The third kappa shape index (κ3) is 3.69. The highest BCUT2D eigenvalue weighted by Crippen LogP contribution is 2.20. The van der Waals surface area contributed by atoms with E-state index in [9.17, 15) is 0 Å². The normalized spacial score (nSPS) is 11.5. The molecule has 6 heteroatoms. The van der Waals surface area contributed by atoms with Crippen molar-refractivity contribution in [2.45, 2.75) is 17.7 Å². The highest BCUT2D eigenvalue weighted by Gasteiger charge is 2.03. The van der Waals surface area contributed by atoms with Crippen molar-refractivity contribution >= 4 is 17.6 Å². The molecule has 0 fully saturated rings. The molecule has 1 aromatic carbocycles. The topological polar surface area (TPSA) is 84.4 Å². The number of hydrogen-bond donors (Lipinski definition) is 2. The summed E-state index contributed by atoms with van der Waals surface area (Å²) in [6.07, 6.45) is 3.11. The Morgan fingerprint density at radius 3 is 2.84 bits per heavy atom. The van der Waals surface area contributed by atoms with E-state index in [1.807, 2.05) is 6.07 Å². The van der Waals surface area contributed by atoms with Gasteiger partial charge in [-0.2, -0.15) is 0 Å². The van der Waals surface area contributed by atoms with Gasteiger partial charge in [-0.25, -0.2) is 9.97 Å². The summed E-state index contributed by atoms with van der Waals surface area (Å²) in [6.45, 7) is 2.07. The lowest BCUT2D eigenvalue weighted by Crippen LogP contribution is -2.15. The molecule has 0 unspecified atom stereocenters. The maximum Gasteiger partial charge on any atom is 0.190 e. The average molecular weight is 274 g/mol. The number of amidine groups is 1. The third-order valence-electron chi connectivity index (χ3n) is 2.47. The first-order valence-electron chi connectivity index (χ1n) is 5.67. The minimum absolute atomic E-state index is 0.0391. The van der Waals surface area contributed by atoms with Crippen molar-refractivity contribution in [2.24, 2.45) is 10.9 Å². The van der Waals surface area contributed by atoms with Crippen LogP contribution in [0.4, 0.5) is 0 Å². The number of oxime groups is 1. The van der Waals surface area contributed by atoms with Gasteiger partial charge >= 0.3 is 0 Å². The molecule has 0 spiro atoms. The Morgan fingerprint density at radius 1 is 1.37 bits per heavy atom. The summed E-state index contributed by atoms with van der Waals surface area (Å²) in [5, 5.41) is 12.2. The zero-order valence-corrected chi connectivity index (χ0v) is 11.3. The predicted octanol–water partition coefficient (Wildman–Crippen LogP) is 2.17. The maximum absolute atomic E-state index is 8.53. The Morgan fingerprint density at radius 2 is 2.21 bits per heavy atom. The molecule has 0 atom stereocenters. The van der Waals surface area contributed by atoms with Crippen molar-refractivity contribution in [3.63, 3.8) is 0 Å². The number of aromatic nitrogens is 2. The van der Waals surface area contributed by atoms with Crippen LogP contribution in [-0.4, -0.2) is 21.0 Å². The van der Waals surface area contributed by atoms with E-state index in [1.165, 1.54) is 17.3 Å². The van der Waals surface area contributed by atoms with Crippen molar-refractivity contribution in [3.05, 3.63) is 53.5 Å². The molecule has 98 valence electrons. The first-order valence-corrected chi connectivity index (χ1v) is 6.66. The van der Waals surface area contributed by atoms with Crippen LogP contribution in [-0.2, 0) is 5.75 Å². The molecule has 0 bridgehead atoms. The molecule has 0 aliphatic heterocycles. The van der Waals surface area contributed by atoms with Gasteiger partial charge in [-0.05, 0) is 12.5 Å². The minimum Gasteiger partial charge on any atom is -0.409 e. The van der Waals surface area contributed by atoms with Gasteiger partial charge in [-0.3, -0.25) is 0 Å². The molecular weight excluding hydrogens is 260 g/mol. The number of rotatable bonds is 4. The number of nitrogens with zero attached hydrogens (tertiary/aromatic N) is 3. The minimum atomic E-state index is -0.0391. The number of hydrogen-bond acceptors (Lipinski definition) is 5. The molecule has 0 aliphatic carbocycles. The number of thioether (sulfide) groups is 1. The van der Waals surface area contributed by atoms with Crippen LogP contribution in [0, 0.1) is 6.92 Å². The molecule has 2 aromatic rings. The van der Waals surface area contributed by atoms with E-state index < -0.39 is 0 Å². The molecule has 1 heterocycles. The van der Waals surface area contributed by atoms with Crippen LogP contribution in [0.15, 0.2) is 46.8 Å². The fourth-order valence-corrected chi connectivity index (χ4v) is 2.28. The standard InChI is InChI=1S/C13H14N4OS/c1-9-3-2-4-10(5-9)8-19-12-7-15-11(6-16-12)13(14)17-18/h2-7,18H,8H2,1H3,(H2,14,17). The molecular formula is C13H14N4OS. The largest absolute Gasteiger partial charge is 0.409 e. The predicted molar refractivity (Wildman–Crippen MR) is 75.3 cm³/mol. The molecule has 0 aliphatic rings. The molecule has 5 nitrogen and oxygen atoms in total. The molecule has 0 amide bonds. The summed E-state index contributed by atoms with van der Waals surface area (Å²) in [6, 6.07) is 8.33. The SMILES string of the molecule is Cc1cccc(CSc2cnc(C(N)=NO)cn2)c1. The average Bonchev–Trinajstić information content (AvgIpc) is 2.45. The Balaban J connectivity index is 2.00. The number of nitrogens with two attached hydrogens (primary N) is 1. The van der Waals surface area contributed by atoms with Crippen LogP contribution in [0.25, 0.3) is 0 Å². The smallest absolute Gasteiger partial charge is 0.190 e. The second-order valence-corrected chi connectivity index (χ2v) is 5.00. The molecule has 0 saturated carbocycles. The highest BCUT2D eigenvalue weighted by molar-refractivity contribution is 7.98. The van der Waals surface area contributed by atoms with E-state index in [0.717, 1.165) is 10.8 Å². The summed E-state index contributed by atoms with van der Waals surface area (Å²) >= 11 is 1.59.